The van der Waals surface area contributed by atoms with Crippen molar-refractivity contribution in [2.45, 2.75) is 50.5 Å². The molecule has 1 heterocycles. The molecule has 1 saturated carbocycles. The number of hydrogen-bond acceptors (Lipinski definition) is 3. The highest BCUT2D eigenvalue weighted by atomic mass is 16.2. The van der Waals surface area contributed by atoms with Gasteiger partial charge in [-0.1, -0.05) is 37.5 Å². The number of para-hydroxylation sites is 1. The number of nitrogens with one attached hydrogen (secondary N) is 1. The molecule has 0 radical (unpaired) electrons. The van der Waals surface area contributed by atoms with Crippen LogP contribution >= 0.6 is 0 Å². The molecular weight excluding hydrogens is 314 g/mol. The summed E-state index contributed by atoms with van der Waals surface area (Å²) in [5.41, 5.74) is 1.74. The van der Waals surface area contributed by atoms with E-state index in [-0.39, 0.29) is 24.2 Å². The Labute approximate surface area is 150 Å². The first-order chi connectivity index (χ1) is 12.1. The Morgan fingerprint density at radius 2 is 1.84 bits per heavy atom. The van der Waals surface area contributed by atoms with Crippen molar-refractivity contribution >= 4 is 17.5 Å². The number of rotatable bonds is 5. The Balaban J connectivity index is 1.84. The fourth-order valence-corrected chi connectivity index (χ4v) is 4.00. The lowest BCUT2D eigenvalue weighted by atomic mass is 9.87. The quantitative estimate of drug-likeness (QED) is 0.894. The van der Waals surface area contributed by atoms with Crippen molar-refractivity contribution in [3.8, 4) is 0 Å². The summed E-state index contributed by atoms with van der Waals surface area (Å²) in [5.74, 6) is -0.293. The van der Waals surface area contributed by atoms with E-state index in [2.05, 4.69) is 15.1 Å². The third-order valence-electron chi connectivity index (χ3n) is 5.38. The minimum atomic E-state index is -0.353. The molecule has 3 rings (SSSR count). The highest BCUT2D eigenvalue weighted by Gasteiger charge is 2.36. The zero-order valence-corrected chi connectivity index (χ0v) is 15.3. The van der Waals surface area contributed by atoms with Crippen LogP contribution in [0.2, 0.25) is 0 Å². The van der Waals surface area contributed by atoms with E-state index in [1.54, 1.807) is 0 Å². The van der Waals surface area contributed by atoms with Crippen molar-refractivity contribution in [3.05, 3.63) is 29.8 Å². The van der Waals surface area contributed by atoms with E-state index in [4.69, 9.17) is 0 Å². The summed E-state index contributed by atoms with van der Waals surface area (Å²) >= 11 is 0. The zero-order chi connectivity index (χ0) is 17.8. The lowest BCUT2D eigenvalue weighted by Gasteiger charge is -2.38. The summed E-state index contributed by atoms with van der Waals surface area (Å²) in [4.78, 5) is 29.7. The van der Waals surface area contributed by atoms with E-state index in [1.807, 2.05) is 38.4 Å². The highest BCUT2D eigenvalue weighted by molar-refractivity contribution is 6.01. The van der Waals surface area contributed by atoms with Crippen LogP contribution in [0.4, 0.5) is 5.69 Å². The van der Waals surface area contributed by atoms with Gasteiger partial charge in [-0.05, 0) is 38.6 Å². The van der Waals surface area contributed by atoms with E-state index < -0.39 is 0 Å². The van der Waals surface area contributed by atoms with Crippen LogP contribution in [0.5, 0.6) is 0 Å². The van der Waals surface area contributed by atoms with Gasteiger partial charge in [0.2, 0.25) is 11.8 Å². The Morgan fingerprint density at radius 3 is 2.56 bits per heavy atom. The SMILES string of the molecule is CN(C)CCN(C(=O)C1CC(=O)Nc2ccccc21)C1CCCCC1. The molecule has 1 aromatic rings. The van der Waals surface area contributed by atoms with Crippen LogP contribution in [0.1, 0.15) is 50.0 Å². The highest BCUT2D eigenvalue weighted by Crippen LogP contribution is 2.35. The van der Waals surface area contributed by atoms with Crippen molar-refractivity contribution < 1.29 is 9.59 Å². The van der Waals surface area contributed by atoms with Gasteiger partial charge in [0.05, 0.1) is 5.92 Å². The fraction of sp³-hybridized carbons (Fsp3) is 0.600. The van der Waals surface area contributed by atoms with Crippen molar-refractivity contribution in [2.24, 2.45) is 0 Å². The monoisotopic (exact) mass is 343 g/mol. The van der Waals surface area contributed by atoms with Gasteiger partial charge in [0.25, 0.3) is 0 Å². The molecule has 0 bridgehead atoms. The molecule has 2 aliphatic rings. The molecule has 1 aliphatic carbocycles. The van der Waals surface area contributed by atoms with E-state index >= 15 is 0 Å². The zero-order valence-electron chi connectivity index (χ0n) is 15.3. The minimum Gasteiger partial charge on any atom is -0.338 e. The normalized spacial score (nSPS) is 20.9. The van der Waals surface area contributed by atoms with Gasteiger partial charge in [0.1, 0.15) is 0 Å². The van der Waals surface area contributed by atoms with Gasteiger partial charge in [-0.3, -0.25) is 9.59 Å². The Kier molecular flexibility index (Phi) is 5.74. The van der Waals surface area contributed by atoms with Crippen molar-refractivity contribution in [1.82, 2.24) is 9.80 Å². The van der Waals surface area contributed by atoms with Crippen LogP contribution < -0.4 is 5.32 Å². The summed E-state index contributed by atoms with van der Waals surface area (Å²) in [6.45, 7) is 1.58. The second kappa shape index (κ2) is 8.00. The van der Waals surface area contributed by atoms with Crippen LogP contribution in [-0.4, -0.2) is 54.8 Å². The molecule has 1 atom stereocenters. The summed E-state index contributed by atoms with van der Waals surface area (Å²) in [7, 11) is 4.07. The predicted molar refractivity (Wildman–Crippen MR) is 99.6 cm³/mol. The van der Waals surface area contributed by atoms with Gasteiger partial charge in [-0.25, -0.2) is 0 Å². The Hall–Kier alpha value is -1.88. The molecule has 1 unspecified atom stereocenters. The molecule has 0 aromatic heterocycles. The smallest absolute Gasteiger partial charge is 0.231 e. The number of carbonyl (C=O) groups is 2. The van der Waals surface area contributed by atoms with Crippen LogP contribution in [0.25, 0.3) is 0 Å². The predicted octanol–water partition coefficient (Wildman–Crippen LogP) is 2.84. The first kappa shape index (κ1) is 17.9. The summed E-state index contributed by atoms with van der Waals surface area (Å²) in [6, 6.07) is 8.02. The van der Waals surface area contributed by atoms with Gasteiger partial charge < -0.3 is 15.1 Å². The number of anilines is 1. The Bertz CT molecular complexity index is 623. The molecule has 25 heavy (non-hydrogen) atoms. The van der Waals surface area contributed by atoms with Crippen LogP contribution in [0.3, 0.4) is 0 Å². The third-order valence-corrected chi connectivity index (χ3v) is 5.38. The molecule has 1 fully saturated rings. The number of nitrogens with zero attached hydrogens (tertiary/aromatic N) is 2. The van der Waals surface area contributed by atoms with Crippen molar-refractivity contribution in [1.29, 1.82) is 0 Å². The average Bonchev–Trinajstić information content (AvgIpc) is 2.61. The molecule has 5 heteroatoms. The van der Waals surface area contributed by atoms with Crippen LogP contribution in [0, 0.1) is 0 Å². The second-order valence-electron chi connectivity index (χ2n) is 7.52. The molecule has 0 spiro atoms. The lowest BCUT2D eigenvalue weighted by Crippen LogP contribution is -2.47. The molecule has 1 aliphatic heterocycles. The molecule has 136 valence electrons. The summed E-state index contributed by atoms with van der Waals surface area (Å²) < 4.78 is 0. The van der Waals surface area contributed by atoms with Crippen molar-refractivity contribution in [3.63, 3.8) is 0 Å². The van der Waals surface area contributed by atoms with Gasteiger partial charge in [0, 0.05) is 31.2 Å². The topological polar surface area (TPSA) is 52.7 Å². The van der Waals surface area contributed by atoms with E-state index in [0.717, 1.165) is 37.2 Å². The van der Waals surface area contributed by atoms with Crippen LogP contribution in [0.15, 0.2) is 24.3 Å². The number of amides is 2. The van der Waals surface area contributed by atoms with Gasteiger partial charge in [-0.15, -0.1) is 0 Å². The average molecular weight is 343 g/mol. The first-order valence-electron chi connectivity index (χ1n) is 9.40. The standard InChI is InChI=1S/C20H29N3O2/c1-22(2)12-13-23(15-8-4-3-5-9-15)20(25)17-14-19(24)21-18-11-7-6-10-16(17)18/h6-7,10-11,15,17H,3-5,8-9,12-14H2,1-2H3,(H,21,24). The molecule has 1 aromatic carbocycles. The number of benzene rings is 1. The maximum Gasteiger partial charge on any atom is 0.231 e. The minimum absolute atomic E-state index is 0.0618. The van der Waals surface area contributed by atoms with E-state index in [9.17, 15) is 9.59 Å². The number of carbonyl (C=O) groups excluding carboxylic acids is 2. The van der Waals surface area contributed by atoms with Gasteiger partial charge >= 0.3 is 0 Å². The summed E-state index contributed by atoms with van der Waals surface area (Å²) in [5, 5.41) is 2.90. The fourth-order valence-electron chi connectivity index (χ4n) is 4.00. The van der Waals surface area contributed by atoms with Gasteiger partial charge in [-0.2, -0.15) is 0 Å². The van der Waals surface area contributed by atoms with E-state index in [0.29, 0.717) is 6.04 Å². The molecule has 2 amide bonds. The van der Waals surface area contributed by atoms with Gasteiger partial charge in [0.15, 0.2) is 0 Å². The molecule has 5 nitrogen and oxygen atoms in total. The molecule has 0 saturated heterocycles. The third kappa shape index (κ3) is 4.21. The maximum absolute atomic E-state index is 13.4. The van der Waals surface area contributed by atoms with E-state index in [1.165, 1.54) is 19.3 Å². The number of likely N-dealkylation sites (N-methyl/N-ethyl adjacent to an activating group) is 1. The number of hydrogen-bond donors (Lipinski definition) is 1. The summed E-state index contributed by atoms with van der Waals surface area (Å²) in [6.07, 6.45) is 6.07. The largest absolute Gasteiger partial charge is 0.338 e. The van der Waals surface area contributed by atoms with Crippen molar-refractivity contribution in [2.75, 3.05) is 32.5 Å². The van der Waals surface area contributed by atoms with Crippen LogP contribution in [-0.2, 0) is 9.59 Å². The molecule has 1 N–H and O–H groups in total. The molecular formula is C20H29N3O2. The Morgan fingerprint density at radius 1 is 1.12 bits per heavy atom. The number of fused-ring (bicyclic) bond motifs is 1. The lowest BCUT2D eigenvalue weighted by molar-refractivity contribution is -0.138. The first-order valence-corrected chi connectivity index (χ1v) is 9.40. The second-order valence-corrected chi connectivity index (χ2v) is 7.52. The maximum atomic E-state index is 13.4.